The van der Waals surface area contributed by atoms with Crippen LogP contribution in [0.15, 0.2) is 24.4 Å². The number of fused-ring (bicyclic) bond motifs is 1. The van der Waals surface area contributed by atoms with Gasteiger partial charge in [0.15, 0.2) is 5.82 Å². The van der Waals surface area contributed by atoms with Crippen LogP contribution in [-0.2, 0) is 5.54 Å². The Balaban J connectivity index is 1.98. The zero-order valence-electron chi connectivity index (χ0n) is 14.1. The molecule has 1 aromatic carbocycles. The van der Waals surface area contributed by atoms with Gasteiger partial charge in [-0.3, -0.25) is 0 Å². The molecule has 1 atom stereocenters. The standard InChI is InChI=1S/C18H27N3O2/c1-3-4-5-6-7-10-23-15-8-9-16-14(11-15)12-20-17(21-16)18(2,19)13-22/h8-9,11-12,22H,3-7,10,13,19H2,1-2H3/t18-/m0/s1. The van der Waals surface area contributed by atoms with Crippen LogP contribution in [0, 0.1) is 0 Å². The Bertz CT molecular complexity index is 629. The lowest BCUT2D eigenvalue weighted by Crippen LogP contribution is -2.38. The number of nitrogens with zero attached hydrogens (tertiary/aromatic N) is 2. The van der Waals surface area contributed by atoms with Gasteiger partial charge in [-0.15, -0.1) is 0 Å². The van der Waals surface area contributed by atoms with E-state index in [0.29, 0.717) is 5.82 Å². The highest BCUT2D eigenvalue weighted by atomic mass is 16.5. The normalized spacial score (nSPS) is 13.9. The van der Waals surface area contributed by atoms with Crippen LogP contribution < -0.4 is 10.5 Å². The molecule has 5 heteroatoms. The highest BCUT2D eigenvalue weighted by Crippen LogP contribution is 2.21. The molecule has 0 unspecified atom stereocenters. The third-order valence-electron chi connectivity index (χ3n) is 3.91. The zero-order chi connectivity index (χ0) is 16.7. The van der Waals surface area contributed by atoms with Gasteiger partial charge in [-0.05, 0) is 31.5 Å². The van der Waals surface area contributed by atoms with Gasteiger partial charge in [0.25, 0.3) is 0 Å². The molecule has 0 amide bonds. The third kappa shape index (κ3) is 4.88. The number of hydrogen-bond donors (Lipinski definition) is 2. The Morgan fingerprint density at radius 3 is 2.74 bits per heavy atom. The van der Waals surface area contributed by atoms with Crippen LogP contribution in [0.5, 0.6) is 5.75 Å². The second-order valence-corrected chi connectivity index (χ2v) is 6.25. The van der Waals surface area contributed by atoms with E-state index in [9.17, 15) is 5.11 Å². The van der Waals surface area contributed by atoms with E-state index in [1.165, 1.54) is 25.7 Å². The summed E-state index contributed by atoms with van der Waals surface area (Å²) in [5.41, 5.74) is 5.85. The summed E-state index contributed by atoms with van der Waals surface area (Å²) in [7, 11) is 0. The van der Waals surface area contributed by atoms with Crippen molar-refractivity contribution < 1.29 is 9.84 Å². The van der Waals surface area contributed by atoms with Gasteiger partial charge in [0, 0.05) is 11.6 Å². The number of aliphatic hydroxyl groups is 1. The van der Waals surface area contributed by atoms with E-state index in [1.807, 2.05) is 18.2 Å². The fourth-order valence-electron chi connectivity index (χ4n) is 2.34. The van der Waals surface area contributed by atoms with Crippen molar-refractivity contribution in [2.24, 2.45) is 5.73 Å². The highest BCUT2D eigenvalue weighted by molar-refractivity contribution is 5.79. The molecule has 0 aliphatic carbocycles. The Morgan fingerprint density at radius 2 is 2.00 bits per heavy atom. The lowest BCUT2D eigenvalue weighted by molar-refractivity contribution is 0.203. The number of aromatic nitrogens is 2. The molecule has 0 spiro atoms. The monoisotopic (exact) mass is 317 g/mol. The summed E-state index contributed by atoms with van der Waals surface area (Å²) in [5, 5.41) is 10.2. The molecule has 0 radical (unpaired) electrons. The first-order valence-corrected chi connectivity index (χ1v) is 8.36. The predicted molar refractivity (Wildman–Crippen MR) is 92.4 cm³/mol. The van der Waals surface area contributed by atoms with Crippen molar-refractivity contribution in [1.29, 1.82) is 0 Å². The molecular weight excluding hydrogens is 290 g/mol. The summed E-state index contributed by atoms with van der Waals surface area (Å²) in [4.78, 5) is 8.71. The number of rotatable bonds is 9. The Hall–Kier alpha value is -1.72. The summed E-state index contributed by atoms with van der Waals surface area (Å²) < 4.78 is 5.79. The van der Waals surface area contributed by atoms with Gasteiger partial charge in [0.2, 0.25) is 0 Å². The predicted octanol–water partition coefficient (Wildman–Crippen LogP) is 3.15. The van der Waals surface area contributed by atoms with E-state index in [0.717, 1.165) is 29.7 Å². The van der Waals surface area contributed by atoms with E-state index in [4.69, 9.17) is 10.5 Å². The fraction of sp³-hybridized carbons (Fsp3) is 0.556. The van der Waals surface area contributed by atoms with Gasteiger partial charge in [-0.1, -0.05) is 32.6 Å². The molecule has 23 heavy (non-hydrogen) atoms. The van der Waals surface area contributed by atoms with Crippen molar-refractivity contribution in [1.82, 2.24) is 9.97 Å². The van der Waals surface area contributed by atoms with Crippen LogP contribution in [0.25, 0.3) is 10.9 Å². The molecule has 0 saturated heterocycles. The maximum absolute atomic E-state index is 9.31. The minimum absolute atomic E-state index is 0.197. The molecule has 126 valence electrons. The van der Waals surface area contributed by atoms with Gasteiger partial charge in [-0.25, -0.2) is 9.97 Å². The van der Waals surface area contributed by atoms with Gasteiger partial charge in [-0.2, -0.15) is 0 Å². The van der Waals surface area contributed by atoms with Crippen LogP contribution in [0.2, 0.25) is 0 Å². The lowest BCUT2D eigenvalue weighted by Gasteiger charge is -2.19. The first-order chi connectivity index (χ1) is 11.1. The second-order valence-electron chi connectivity index (χ2n) is 6.25. The fourth-order valence-corrected chi connectivity index (χ4v) is 2.34. The third-order valence-corrected chi connectivity index (χ3v) is 3.91. The summed E-state index contributed by atoms with van der Waals surface area (Å²) in [6, 6.07) is 5.76. The number of ether oxygens (including phenoxy) is 1. The van der Waals surface area contributed by atoms with Crippen LogP contribution in [0.4, 0.5) is 0 Å². The first kappa shape index (κ1) is 17.6. The van der Waals surface area contributed by atoms with Crippen LogP contribution in [0.1, 0.15) is 51.8 Å². The minimum Gasteiger partial charge on any atom is -0.494 e. The topological polar surface area (TPSA) is 81.3 Å². The lowest BCUT2D eigenvalue weighted by atomic mass is 10.0. The summed E-state index contributed by atoms with van der Waals surface area (Å²) >= 11 is 0. The minimum atomic E-state index is -0.929. The van der Waals surface area contributed by atoms with E-state index >= 15 is 0 Å². The van der Waals surface area contributed by atoms with E-state index in [1.54, 1.807) is 13.1 Å². The largest absolute Gasteiger partial charge is 0.494 e. The molecule has 1 aromatic heterocycles. The molecule has 5 nitrogen and oxygen atoms in total. The number of aliphatic hydroxyl groups excluding tert-OH is 1. The molecular formula is C18H27N3O2. The number of hydrogen-bond acceptors (Lipinski definition) is 5. The van der Waals surface area contributed by atoms with Gasteiger partial charge in [0.1, 0.15) is 5.75 Å². The van der Waals surface area contributed by atoms with E-state index < -0.39 is 5.54 Å². The maximum atomic E-state index is 9.31. The number of nitrogens with two attached hydrogens (primary N) is 1. The molecule has 0 aliphatic heterocycles. The molecule has 0 fully saturated rings. The molecule has 2 rings (SSSR count). The average molecular weight is 317 g/mol. The van der Waals surface area contributed by atoms with Crippen molar-refractivity contribution in [3.05, 3.63) is 30.2 Å². The molecule has 0 bridgehead atoms. The molecule has 3 N–H and O–H groups in total. The number of unbranched alkanes of at least 4 members (excludes halogenated alkanes) is 4. The van der Waals surface area contributed by atoms with E-state index in [2.05, 4.69) is 16.9 Å². The molecule has 1 heterocycles. The van der Waals surface area contributed by atoms with E-state index in [-0.39, 0.29) is 6.61 Å². The molecule has 0 saturated carbocycles. The first-order valence-electron chi connectivity index (χ1n) is 8.36. The van der Waals surface area contributed by atoms with Gasteiger partial charge < -0.3 is 15.6 Å². The Kier molecular flexibility index (Phi) is 6.30. The smallest absolute Gasteiger partial charge is 0.150 e. The SMILES string of the molecule is CCCCCCCOc1ccc2nc([C@@](C)(N)CO)ncc2c1. The maximum Gasteiger partial charge on any atom is 0.150 e. The second kappa shape index (κ2) is 8.22. The Labute approximate surface area is 137 Å². The highest BCUT2D eigenvalue weighted by Gasteiger charge is 2.23. The summed E-state index contributed by atoms with van der Waals surface area (Å²) in [5.74, 6) is 1.28. The quantitative estimate of drug-likeness (QED) is 0.694. The number of benzene rings is 1. The van der Waals surface area contributed by atoms with Crippen molar-refractivity contribution in [3.63, 3.8) is 0 Å². The van der Waals surface area contributed by atoms with Crippen molar-refractivity contribution in [3.8, 4) is 5.75 Å². The molecule has 2 aromatic rings. The molecule has 0 aliphatic rings. The zero-order valence-corrected chi connectivity index (χ0v) is 14.1. The van der Waals surface area contributed by atoms with Crippen LogP contribution >= 0.6 is 0 Å². The summed E-state index contributed by atoms with van der Waals surface area (Å²) in [6.45, 7) is 4.47. The van der Waals surface area contributed by atoms with Crippen molar-refractivity contribution >= 4 is 10.9 Å². The average Bonchev–Trinajstić information content (AvgIpc) is 2.57. The van der Waals surface area contributed by atoms with Gasteiger partial charge >= 0.3 is 0 Å². The van der Waals surface area contributed by atoms with Crippen molar-refractivity contribution in [2.45, 2.75) is 51.5 Å². The van der Waals surface area contributed by atoms with Crippen LogP contribution in [-0.4, -0.2) is 28.3 Å². The summed E-state index contributed by atoms with van der Waals surface area (Å²) in [6.07, 6.45) is 7.85. The van der Waals surface area contributed by atoms with Gasteiger partial charge in [0.05, 0.1) is 24.3 Å². The Morgan fingerprint density at radius 1 is 1.22 bits per heavy atom. The van der Waals surface area contributed by atoms with Crippen LogP contribution in [0.3, 0.4) is 0 Å². The van der Waals surface area contributed by atoms with Crippen molar-refractivity contribution in [2.75, 3.05) is 13.2 Å².